The Kier molecular flexibility index (Phi) is 5.30. The van der Waals surface area contributed by atoms with Crippen molar-refractivity contribution in [1.29, 1.82) is 0 Å². The average Bonchev–Trinajstić information content (AvgIpc) is 2.35. The van der Waals surface area contributed by atoms with Crippen LogP contribution >= 0.6 is 23.2 Å². The molecule has 0 amide bonds. The fourth-order valence-corrected chi connectivity index (χ4v) is 2.25. The van der Waals surface area contributed by atoms with Crippen LogP contribution in [0.3, 0.4) is 0 Å². The van der Waals surface area contributed by atoms with Gasteiger partial charge in [-0.25, -0.2) is 0 Å². The second-order valence-electron chi connectivity index (χ2n) is 4.81. The standard InChI is InChI=1S/C13H18Cl2N2O2/c14-12-2-1-10(5-13(12)15)19-11-6-17(7-11)4-3-9(16)8-18/h1-2,5,9,11,18H,3-4,6-8,16H2/t9-/m0/s1. The van der Waals surface area contributed by atoms with Gasteiger partial charge >= 0.3 is 0 Å². The van der Waals surface area contributed by atoms with Gasteiger partial charge in [-0.3, -0.25) is 4.90 Å². The third-order valence-corrected chi connectivity index (χ3v) is 3.91. The van der Waals surface area contributed by atoms with E-state index in [1.54, 1.807) is 12.1 Å². The van der Waals surface area contributed by atoms with Crippen molar-refractivity contribution >= 4 is 23.2 Å². The van der Waals surface area contributed by atoms with Crippen LogP contribution in [0.1, 0.15) is 6.42 Å². The van der Waals surface area contributed by atoms with Crippen LogP contribution in [0.15, 0.2) is 18.2 Å². The predicted octanol–water partition coefficient (Wildman–Crippen LogP) is 1.77. The summed E-state index contributed by atoms with van der Waals surface area (Å²) in [7, 11) is 0. The molecule has 0 aliphatic carbocycles. The van der Waals surface area contributed by atoms with Crippen molar-refractivity contribution in [3.05, 3.63) is 28.2 Å². The highest BCUT2D eigenvalue weighted by Gasteiger charge is 2.28. The van der Waals surface area contributed by atoms with Crippen molar-refractivity contribution in [1.82, 2.24) is 4.90 Å². The Morgan fingerprint density at radius 1 is 1.37 bits per heavy atom. The van der Waals surface area contributed by atoms with Gasteiger partial charge in [0.25, 0.3) is 0 Å². The highest BCUT2D eigenvalue weighted by atomic mass is 35.5. The summed E-state index contributed by atoms with van der Waals surface area (Å²) in [5.74, 6) is 0.742. The Hall–Kier alpha value is -0.520. The third-order valence-electron chi connectivity index (χ3n) is 3.17. The van der Waals surface area contributed by atoms with E-state index in [4.69, 9.17) is 38.8 Å². The van der Waals surface area contributed by atoms with Gasteiger partial charge in [0, 0.05) is 31.7 Å². The van der Waals surface area contributed by atoms with Crippen LogP contribution in [-0.4, -0.2) is 48.4 Å². The second kappa shape index (κ2) is 6.77. The zero-order valence-electron chi connectivity index (χ0n) is 10.6. The summed E-state index contributed by atoms with van der Waals surface area (Å²) in [6.07, 6.45) is 0.985. The number of likely N-dealkylation sites (tertiary alicyclic amines) is 1. The Morgan fingerprint density at radius 3 is 2.74 bits per heavy atom. The molecule has 19 heavy (non-hydrogen) atoms. The van der Waals surface area contributed by atoms with E-state index in [9.17, 15) is 0 Å². The van der Waals surface area contributed by atoms with Crippen molar-refractivity contribution in [3.63, 3.8) is 0 Å². The fourth-order valence-electron chi connectivity index (χ4n) is 1.96. The van der Waals surface area contributed by atoms with E-state index < -0.39 is 0 Å². The maximum atomic E-state index is 8.84. The molecule has 6 heteroatoms. The predicted molar refractivity (Wildman–Crippen MR) is 77.0 cm³/mol. The number of hydrogen-bond acceptors (Lipinski definition) is 4. The van der Waals surface area contributed by atoms with Crippen LogP contribution in [0, 0.1) is 0 Å². The van der Waals surface area contributed by atoms with E-state index in [2.05, 4.69) is 4.90 Å². The molecule has 1 aliphatic rings. The number of aliphatic hydroxyl groups is 1. The van der Waals surface area contributed by atoms with Crippen LogP contribution in [0.5, 0.6) is 5.75 Å². The summed E-state index contributed by atoms with van der Waals surface area (Å²) in [4.78, 5) is 2.25. The molecular formula is C13H18Cl2N2O2. The molecule has 1 aromatic carbocycles. The van der Waals surface area contributed by atoms with Gasteiger partial charge in [0.05, 0.1) is 16.7 Å². The first-order valence-corrected chi connectivity index (χ1v) is 7.04. The fraction of sp³-hybridized carbons (Fsp3) is 0.538. The lowest BCUT2D eigenvalue weighted by Gasteiger charge is -2.39. The quantitative estimate of drug-likeness (QED) is 0.841. The van der Waals surface area contributed by atoms with Crippen LogP contribution in [0.2, 0.25) is 10.0 Å². The van der Waals surface area contributed by atoms with Gasteiger partial charge < -0.3 is 15.6 Å². The molecule has 2 rings (SSSR count). The maximum absolute atomic E-state index is 8.84. The van der Waals surface area contributed by atoms with Gasteiger partial charge in [0.1, 0.15) is 11.9 Å². The molecule has 1 saturated heterocycles. The highest BCUT2D eigenvalue weighted by Crippen LogP contribution is 2.27. The normalized spacial score (nSPS) is 18.1. The highest BCUT2D eigenvalue weighted by molar-refractivity contribution is 6.42. The molecule has 0 unspecified atom stereocenters. The lowest BCUT2D eigenvalue weighted by atomic mass is 10.1. The lowest BCUT2D eigenvalue weighted by molar-refractivity contribution is 0.0174. The van der Waals surface area contributed by atoms with Crippen LogP contribution < -0.4 is 10.5 Å². The van der Waals surface area contributed by atoms with Crippen molar-refractivity contribution in [3.8, 4) is 5.75 Å². The Balaban J connectivity index is 1.71. The van der Waals surface area contributed by atoms with Gasteiger partial charge in [0.15, 0.2) is 0 Å². The summed E-state index contributed by atoms with van der Waals surface area (Å²) >= 11 is 11.8. The van der Waals surface area contributed by atoms with Gasteiger partial charge in [0.2, 0.25) is 0 Å². The first-order chi connectivity index (χ1) is 9.08. The minimum atomic E-state index is -0.130. The molecule has 0 bridgehead atoms. The maximum Gasteiger partial charge on any atom is 0.124 e. The second-order valence-corrected chi connectivity index (χ2v) is 5.62. The molecule has 106 valence electrons. The number of nitrogens with two attached hydrogens (primary N) is 1. The van der Waals surface area contributed by atoms with Crippen LogP contribution in [-0.2, 0) is 0 Å². The summed E-state index contributed by atoms with van der Waals surface area (Å²) in [6.45, 7) is 2.68. The number of halogens is 2. The van der Waals surface area contributed by atoms with E-state index in [-0.39, 0.29) is 18.8 Å². The van der Waals surface area contributed by atoms with Crippen molar-refractivity contribution in [2.75, 3.05) is 26.2 Å². The monoisotopic (exact) mass is 304 g/mol. The molecule has 0 aromatic heterocycles. The van der Waals surface area contributed by atoms with Crippen molar-refractivity contribution < 1.29 is 9.84 Å². The number of aliphatic hydroxyl groups excluding tert-OH is 1. The molecule has 3 N–H and O–H groups in total. The average molecular weight is 305 g/mol. The van der Waals surface area contributed by atoms with Gasteiger partial charge in [-0.15, -0.1) is 0 Å². The molecule has 1 heterocycles. The van der Waals surface area contributed by atoms with Crippen LogP contribution in [0.25, 0.3) is 0 Å². The van der Waals surface area contributed by atoms with Gasteiger partial charge in [-0.05, 0) is 18.6 Å². The van der Waals surface area contributed by atoms with E-state index in [0.29, 0.717) is 10.0 Å². The Bertz CT molecular complexity index is 425. The van der Waals surface area contributed by atoms with E-state index in [1.807, 2.05) is 6.07 Å². The minimum Gasteiger partial charge on any atom is -0.488 e. The lowest BCUT2D eigenvalue weighted by Crippen LogP contribution is -2.54. The summed E-state index contributed by atoms with van der Waals surface area (Å²) in [6, 6.07) is 5.15. The number of ether oxygens (including phenoxy) is 1. The summed E-state index contributed by atoms with van der Waals surface area (Å²) in [5, 5.41) is 9.88. The molecule has 0 saturated carbocycles. The SMILES string of the molecule is N[C@H](CO)CCN1CC(Oc2ccc(Cl)c(Cl)c2)C1. The summed E-state index contributed by atoms with van der Waals surface area (Å²) in [5.41, 5.74) is 5.65. The zero-order valence-corrected chi connectivity index (χ0v) is 12.1. The minimum absolute atomic E-state index is 0.0387. The van der Waals surface area contributed by atoms with Gasteiger partial charge in [-0.2, -0.15) is 0 Å². The van der Waals surface area contributed by atoms with Crippen molar-refractivity contribution in [2.45, 2.75) is 18.6 Å². The van der Waals surface area contributed by atoms with E-state index >= 15 is 0 Å². The molecule has 1 aromatic rings. The molecular weight excluding hydrogens is 287 g/mol. The van der Waals surface area contributed by atoms with E-state index in [1.165, 1.54) is 0 Å². The smallest absolute Gasteiger partial charge is 0.124 e. The number of nitrogens with zero attached hydrogens (tertiary/aromatic N) is 1. The largest absolute Gasteiger partial charge is 0.488 e. The van der Waals surface area contributed by atoms with Gasteiger partial charge in [-0.1, -0.05) is 23.2 Å². The van der Waals surface area contributed by atoms with Crippen molar-refractivity contribution in [2.24, 2.45) is 5.73 Å². The number of hydrogen-bond donors (Lipinski definition) is 2. The molecule has 1 atom stereocenters. The summed E-state index contributed by atoms with van der Waals surface area (Å²) < 4.78 is 5.78. The number of benzene rings is 1. The molecule has 4 nitrogen and oxygen atoms in total. The Labute approximate surface area is 123 Å². The third kappa shape index (κ3) is 4.23. The molecule has 1 aliphatic heterocycles. The molecule has 0 spiro atoms. The van der Waals surface area contributed by atoms with E-state index in [0.717, 1.165) is 31.8 Å². The molecule has 0 radical (unpaired) electrons. The number of rotatable bonds is 6. The first-order valence-electron chi connectivity index (χ1n) is 6.29. The first kappa shape index (κ1) is 14.9. The zero-order chi connectivity index (χ0) is 13.8. The topological polar surface area (TPSA) is 58.7 Å². The molecule has 1 fully saturated rings. The van der Waals surface area contributed by atoms with Crippen LogP contribution in [0.4, 0.5) is 0 Å². The Morgan fingerprint density at radius 2 is 2.11 bits per heavy atom.